The molecule has 0 saturated heterocycles. The second kappa shape index (κ2) is 4.89. The highest BCUT2D eigenvalue weighted by Gasteiger charge is 2.20. The van der Waals surface area contributed by atoms with Gasteiger partial charge in [-0.2, -0.15) is 5.10 Å². The molecule has 2 aromatic rings. The van der Waals surface area contributed by atoms with Gasteiger partial charge >= 0.3 is 0 Å². The molecule has 0 aliphatic carbocycles. The van der Waals surface area contributed by atoms with E-state index in [4.69, 9.17) is 4.74 Å². The predicted octanol–water partition coefficient (Wildman–Crippen LogP) is 2.27. The summed E-state index contributed by atoms with van der Waals surface area (Å²) in [7, 11) is 3.38. The molecule has 0 fully saturated rings. The van der Waals surface area contributed by atoms with Crippen LogP contribution < -0.4 is 4.74 Å². The van der Waals surface area contributed by atoms with E-state index in [0.29, 0.717) is 11.4 Å². The van der Waals surface area contributed by atoms with E-state index in [-0.39, 0.29) is 0 Å². The Hall–Kier alpha value is -1.33. The molecule has 0 saturated carbocycles. The van der Waals surface area contributed by atoms with Gasteiger partial charge in [0.2, 0.25) is 0 Å². The monoisotopic (exact) mass is 296 g/mol. The Bertz CT molecular complexity index is 505. The van der Waals surface area contributed by atoms with Crippen molar-refractivity contribution in [3.05, 3.63) is 46.2 Å². The number of rotatable bonds is 3. The van der Waals surface area contributed by atoms with Gasteiger partial charge in [-0.05, 0) is 22.0 Å². The van der Waals surface area contributed by atoms with E-state index in [2.05, 4.69) is 21.0 Å². The first kappa shape index (κ1) is 12.1. The Labute approximate surface area is 108 Å². The third-order valence-electron chi connectivity index (χ3n) is 2.63. The highest BCUT2D eigenvalue weighted by molar-refractivity contribution is 9.10. The van der Waals surface area contributed by atoms with Gasteiger partial charge < -0.3 is 9.84 Å². The maximum absolute atomic E-state index is 10.4. The summed E-state index contributed by atoms with van der Waals surface area (Å²) in [4.78, 5) is 0. The van der Waals surface area contributed by atoms with Gasteiger partial charge in [0.15, 0.2) is 0 Å². The van der Waals surface area contributed by atoms with E-state index in [9.17, 15) is 5.11 Å². The van der Waals surface area contributed by atoms with E-state index in [1.54, 1.807) is 25.0 Å². The van der Waals surface area contributed by atoms with Crippen LogP contribution in [0.3, 0.4) is 0 Å². The number of hydrogen-bond donors (Lipinski definition) is 1. The van der Waals surface area contributed by atoms with Crippen LogP contribution in [0.15, 0.2) is 34.9 Å². The molecule has 1 atom stereocenters. The molecule has 1 unspecified atom stereocenters. The van der Waals surface area contributed by atoms with Crippen LogP contribution in [0.5, 0.6) is 5.75 Å². The summed E-state index contributed by atoms with van der Waals surface area (Å²) in [6.45, 7) is 0. The average molecular weight is 297 g/mol. The molecule has 0 aliphatic heterocycles. The molecule has 2 rings (SSSR count). The first-order chi connectivity index (χ1) is 8.15. The molecule has 0 radical (unpaired) electrons. The Morgan fingerprint density at radius 3 is 2.71 bits per heavy atom. The molecule has 1 aromatic carbocycles. The fourth-order valence-electron chi connectivity index (χ4n) is 1.77. The lowest BCUT2D eigenvalue weighted by atomic mass is 10.1. The maximum Gasteiger partial charge on any atom is 0.125 e. The lowest BCUT2D eigenvalue weighted by Crippen LogP contribution is -2.08. The van der Waals surface area contributed by atoms with Crippen molar-refractivity contribution >= 4 is 15.9 Å². The Morgan fingerprint density at radius 2 is 2.12 bits per heavy atom. The van der Waals surface area contributed by atoms with Crippen molar-refractivity contribution < 1.29 is 9.84 Å². The topological polar surface area (TPSA) is 47.3 Å². The maximum atomic E-state index is 10.4. The number of aromatic nitrogens is 2. The van der Waals surface area contributed by atoms with E-state index in [0.717, 1.165) is 10.0 Å². The number of benzene rings is 1. The number of aliphatic hydroxyl groups is 1. The van der Waals surface area contributed by atoms with Crippen molar-refractivity contribution in [2.45, 2.75) is 6.10 Å². The number of ether oxygens (including phenoxy) is 1. The first-order valence-electron chi connectivity index (χ1n) is 5.13. The molecule has 1 N–H and O–H groups in total. The van der Waals surface area contributed by atoms with Crippen molar-refractivity contribution in [1.82, 2.24) is 9.78 Å². The summed E-state index contributed by atoms with van der Waals surface area (Å²) in [5, 5.41) is 14.5. The number of methoxy groups -OCH3 is 1. The standard InChI is InChI=1S/C12H13BrN2O2/c1-15-11(9(13)7-14-15)12(16)8-5-3-4-6-10(8)17-2/h3-7,12,16H,1-2H3. The minimum atomic E-state index is -0.770. The third-order valence-corrected chi connectivity index (χ3v) is 3.24. The van der Waals surface area contributed by atoms with E-state index in [1.165, 1.54) is 0 Å². The highest BCUT2D eigenvalue weighted by atomic mass is 79.9. The number of aliphatic hydroxyl groups excluding tert-OH is 1. The van der Waals surface area contributed by atoms with Crippen molar-refractivity contribution in [1.29, 1.82) is 0 Å². The second-order valence-corrected chi connectivity index (χ2v) is 4.50. The van der Waals surface area contributed by atoms with Crippen LogP contribution in [0.2, 0.25) is 0 Å². The normalized spacial score (nSPS) is 12.5. The van der Waals surface area contributed by atoms with E-state index in [1.807, 2.05) is 24.3 Å². The van der Waals surface area contributed by atoms with Crippen LogP contribution in [-0.4, -0.2) is 22.0 Å². The van der Waals surface area contributed by atoms with Crippen LogP contribution in [0.1, 0.15) is 17.4 Å². The van der Waals surface area contributed by atoms with Gasteiger partial charge in [0.05, 0.1) is 23.5 Å². The minimum absolute atomic E-state index is 0.660. The highest BCUT2D eigenvalue weighted by Crippen LogP contribution is 2.32. The fourth-order valence-corrected chi connectivity index (χ4v) is 2.33. The van der Waals surface area contributed by atoms with Gasteiger partial charge in [-0.15, -0.1) is 0 Å². The van der Waals surface area contributed by atoms with Gasteiger partial charge in [-0.1, -0.05) is 18.2 Å². The van der Waals surface area contributed by atoms with Gasteiger partial charge in [0, 0.05) is 12.6 Å². The molecular weight excluding hydrogens is 284 g/mol. The molecule has 5 heteroatoms. The summed E-state index contributed by atoms with van der Waals surface area (Å²) in [5.41, 5.74) is 1.42. The van der Waals surface area contributed by atoms with Gasteiger partial charge in [0.1, 0.15) is 11.9 Å². The summed E-state index contributed by atoms with van der Waals surface area (Å²) in [6.07, 6.45) is 0.890. The number of halogens is 1. The number of nitrogens with zero attached hydrogens (tertiary/aromatic N) is 2. The van der Waals surface area contributed by atoms with Crippen molar-refractivity contribution in [2.24, 2.45) is 7.05 Å². The SMILES string of the molecule is COc1ccccc1C(O)c1c(Br)cnn1C. The smallest absolute Gasteiger partial charge is 0.125 e. The van der Waals surface area contributed by atoms with Crippen LogP contribution in [0.25, 0.3) is 0 Å². The Balaban J connectivity index is 2.47. The summed E-state index contributed by atoms with van der Waals surface area (Å²) >= 11 is 3.38. The largest absolute Gasteiger partial charge is 0.496 e. The van der Waals surface area contributed by atoms with Crippen LogP contribution in [0, 0.1) is 0 Å². The van der Waals surface area contributed by atoms with Gasteiger partial charge in [-0.3, -0.25) is 4.68 Å². The molecule has 0 aliphatic rings. The summed E-state index contributed by atoms with van der Waals surface area (Å²) in [5.74, 6) is 0.660. The third kappa shape index (κ3) is 2.21. The number of hydrogen-bond acceptors (Lipinski definition) is 3. The van der Waals surface area contributed by atoms with Crippen molar-refractivity contribution in [3.8, 4) is 5.75 Å². The lowest BCUT2D eigenvalue weighted by molar-refractivity contribution is 0.204. The molecule has 0 amide bonds. The predicted molar refractivity (Wildman–Crippen MR) is 68.0 cm³/mol. The van der Waals surface area contributed by atoms with E-state index >= 15 is 0 Å². The van der Waals surface area contributed by atoms with Crippen LogP contribution in [-0.2, 0) is 7.05 Å². The quantitative estimate of drug-likeness (QED) is 0.945. The minimum Gasteiger partial charge on any atom is -0.496 e. The second-order valence-electron chi connectivity index (χ2n) is 3.65. The van der Waals surface area contributed by atoms with Gasteiger partial charge in [-0.25, -0.2) is 0 Å². The average Bonchev–Trinajstić information content (AvgIpc) is 2.68. The zero-order valence-corrected chi connectivity index (χ0v) is 11.2. The zero-order chi connectivity index (χ0) is 12.4. The number of aryl methyl sites for hydroxylation is 1. The zero-order valence-electron chi connectivity index (χ0n) is 9.59. The first-order valence-corrected chi connectivity index (χ1v) is 5.92. The molecule has 1 aromatic heterocycles. The summed E-state index contributed by atoms with van der Waals surface area (Å²) < 4.78 is 7.66. The lowest BCUT2D eigenvalue weighted by Gasteiger charge is -2.15. The van der Waals surface area contributed by atoms with Crippen molar-refractivity contribution in [3.63, 3.8) is 0 Å². The molecule has 17 heavy (non-hydrogen) atoms. The molecule has 0 spiro atoms. The molecule has 0 bridgehead atoms. The molecule has 4 nitrogen and oxygen atoms in total. The Kier molecular flexibility index (Phi) is 3.49. The fraction of sp³-hybridized carbons (Fsp3) is 0.250. The number of para-hydroxylation sites is 1. The Morgan fingerprint density at radius 1 is 1.41 bits per heavy atom. The van der Waals surface area contributed by atoms with E-state index < -0.39 is 6.10 Å². The molecular formula is C12H13BrN2O2. The molecule has 90 valence electrons. The molecule has 1 heterocycles. The van der Waals surface area contributed by atoms with Gasteiger partial charge in [0.25, 0.3) is 0 Å². The summed E-state index contributed by atoms with van der Waals surface area (Å²) in [6, 6.07) is 7.39. The van der Waals surface area contributed by atoms with Crippen LogP contribution in [0.4, 0.5) is 0 Å². The van der Waals surface area contributed by atoms with Crippen LogP contribution >= 0.6 is 15.9 Å². The van der Waals surface area contributed by atoms with Crippen molar-refractivity contribution in [2.75, 3.05) is 7.11 Å².